The van der Waals surface area contributed by atoms with Crippen LogP contribution in [0.25, 0.3) is 0 Å². The Labute approximate surface area is 101 Å². The van der Waals surface area contributed by atoms with E-state index in [0.717, 1.165) is 6.42 Å². The second kappa shape index (κ2) is 5.51. The maximum absolute atomic E-state index is 9.24. The fourth-order valence-electron chi connectivity index (χ4n) is 1.86. The van der Waals surface area contributed by atoms with E-state index in [-0.39, 0.29) is 0 Å². The molecule has 2 nitrogen and oxygen atoms in total. The van der Waals surface area contributed by atoms with Crippen LogP contribution in [0, 0.1) is 0 Å². The van der Waals surface area contributed by atoms with Crippen LogP contribution in [0.2, 0.25) is 0 Å². The van der Waals surface area contributed by atoms with E-state index >= 15 is 0 Å². The molecule has 0 aliphatic heterocycles. The second-order valence-corrected chi connectivity index (χ2v) is 4.04. The summed E-state index contributed by atoms with van der Waals surface area (Å²) in [7, 11) is 1.71. The number of hydrogen-bond acceptors (Lipinski definition) is 2. The number of ether oxygens (including phenoxy) is 1. The lowest BCUT2D eigenvalue weighted by atomic mass is 10.0. The molecule has 88 valence electrons. The molecule has 0 radical (unpaired) electrons. The molecule has 2 rings (SSSR count). The van der Waals surface area contributed by atoms with Gasteiger partial charge in [-0.1, -0.05) is 36.4 Å². The highest BCUT2D eigenvalue weighted by molar-refractivity contribution is 5.34. The summed E-state index contributed by atoms with van der Waals surface area (Å²) in [5.41, 5.74) is 3.66. The maximum Gasteiger partial charge on any atom is 0.115 e. The summed E-state index contributed by atoms with van der Waals surface area (Å²) in [4.78, 5) is 0. The Balaban J connectivity index is 2.20. The Hall–Kier alpha value is -1.80. The van der Waals surface area contributed by atoms with Gasteiger partial charge in [0.15, 0.2) is 0 Å². The Morgan fingerprint density at radius 1 is 0.941 bits per heavy atom. The quantitative estimate of drug-likeness (QED) is 0.871. The Kier molecular flexibility index (Phi) is 3.78. The zero-order valence-electron chi connectivity index (χ0n) is 9.89. The highest BCUT2D eigenvalue weighted by Crippen LogP contribution is 2.17. The third-order valence-corrected chi connectivity index (χ3v) is 2.75. The van der Waals surface area contributed by atoms with Crippen molar-refractivity contribution in [3.05, 3.63) is 65.2 Å². The van der Waals surface area contributed by atoms with Crippen LogP contribution in [0.15, 0.2) is 48.5 Å². The van der Waals surface area contributed by atoms with Gasteiger partial charge in [0.2, 0.25) is 0 Å². The molecule has 0 saturated heterocycles. The second-order valence-electron chi connectivity index (χ2n) is 4.04. The van der Waals surface area contributed by atoms with Crippen molar-refractivity contribution in [1.82, 2.24) is 0 Å². The normalized spacial score (nSPS) is 10.4. The summed E-state index contributed by atoms with van der Waals surface area (Å²) in [5.74, 6) is 0.305. The van der Waals surface area contributed by atoms with Crippen LogP contribution in [0.5, 0.6) is 5.75 Å². The first-order valence-electron chi connectivity index (χ1n) is 5.63. The highest BCUT2D eigenvalue weighted by Gasteiger charge is 2.02. The first kappa shape index (κ1) is 11.7. The molecule has 2 aromatic rings. The topological polar surface area (TPSA) is 29.5 Å². The molecule has 0 aliphatic carbocycles. The van der Waals surface area contributed by atoms with Crippen LogP contribution in [0.4, 0.5) is 0 Å². The SMILES string of the molecule is COCc1ccccc1Cc1ccc(O)cc1. The predicted molar refractivity (Wildman–Crippen MR) is 68.1 cm³/mol. The van der Waals surface area contributed by atoms with E-state index in [1.807, 2.05) is 24.3 Å². The van der Waals surface area contributed by atoms with E-state index in [2.05, 4.69) is 12.1 Å². The monoisotopic (exact) mass is 228 g/mol. The number of phenols is 1. The van der Waals surface area contributed by atoms with Crippen molar-refractivity contribution in [2.24, 2.45) is 0 Å². The molecule has 0 spiro atoms. The van der Waals surface area contributed by atoms with Gasteiger partial charge >= 0.3 is 0 Å². The first-order valence-corrected chi connectivity index (χ1v) is 5.63. The van der Waals surface area contributed by atoms with Crippen LogP contribution in [0.1, 0.15) is 16.7 Å². The molecule has 17 heavy (non-hydrogen) atoms. The molecule has 2 aromatic carbocycles. The molecule has 0 aromatic heterocycles. The Bertz CT molecular complexity index is 475. The minimum absolute atomic E-state index is 0.305. The standard InChI is InChI=1S/C15H16O2/c1-17-11-14-5-3-2-4-13(14)10-12-6-8-15(16)9-7-12/h2-9,16H,10-11H2,1H3. The van der Waals surface area contributed by atoms with Gasteiger partial charge in [0, 0.05) is 7.11 Å². The van der Waals surface area contributed by atoms with E-state index in [1.54, 1.807) is 19.2 Å². The van der Waals surface area contributed by atoms with Crippen molar-refractivity contribution in [2.45, 2.75) is 13.0 Å². The molecule has 0 fully saturated rings. The molecule has 0 unspecified atom stereocenters. The predicted octanol–water partition coefficient (Wildman–Crippen LogP) is 3.13. The average molecular weight is 228 g/mol. The summed E-state index contributed by atoms with van der Waals surface area (Å²) in [6.07, 6.45) is 0.861. The molecule has 0 aliphatic rings. The molecule has 0 amide bonds. The van der Waals surface area contributed by atoms with Crippen molar-refractivity contribution in [3.8, 4) is 5.75 Å². The molecule has 0 saturated carbocycles. The third-order valence-electron chi connectivity index (χ3n) is 2.75. The van der Waals surface area contributed by atoms with E-state index < -0.39 is 0 Å². The van der Waals surface area contributed by atoms with E-state index in [1.165, 1.54) is 16.7 Å². The zero-order valence-corrected chi connectivity index (χ0v) is 9.89. The number of methoxy groups -OCH3 is 1. The van der Waals surface area contributed by atoms with E-state index in [9.17, 15) is 5.11 Å². The minimum atomic E-state index is 0.305. The lowest BCUT2D eigenvalue weighted by Crippen LogP contribution is -1.96. The first-order chi connectivity index (χ1) is 8.29. The van der Waals surface area contributed by atoms with Crippen molar-refractivity contribution < 1.29 is 9.84 Å². The van der Waals surface area contributed by atoms with Crippen molar-refractivity contribution >= 4 is 0 Å². The fourth-order valence-corrected chi connectivity index (χ4v) is 1.86. The lowest BCUT2D eigenvalue weighted by Gasteiger charge is -2.08. The van der Waals surface area contributed by atoms with Crippen LogP contribution in [-0.2, 0) is 17.8 Å². The van der Waals surface area contributed by atoms with Crippen LogP contribution in [-0.4, -0.2) is 12.2 Å². The number of benzene rings is 2. The molecule has 0 atom stereocenters. The van der Waals surface area contributed by atoms with Crippen LogP contribution in [0.3, 0.4) is 0 Å². The zero-order chi connectivity index (χ0) is 12.1. The van der Waals surface area contributed by atoms with Gasteiger partial charge in [-0.3, -0.25) is 0 Å². The summed E-state index contributed by atoms with van der Waals surface area (Å²) in [6.45, 7) is 0.633. The Morgan fingerprint density at radius 2 is 1.59 bits per heavy atom. The van der Waals surface area contributed by atoms with Gasteiger partial charge in [-0.15, -0.1) is 0 Å². The number of hydrogen-bond donors (Lipinski definition) is 1. The van der Waals surface area contributed by atoms with Gasteiger partial charge in [-0.05, 0) is 35.2 Å². The fraction of sp³-hybridized carbons (Fsp3) is 0.200. The molecule has 0 bridgehead atoms. The average Bonchev–Trinajstić information content (AvgIpc) is 2.35. The van der Waals surface area contributed by atoms with Gasteiger partial charge in [0.05, 0.1) is 6.61 Å². The van der Waals surface area contributed by atoms with Crippen LogP contribution >= 0.6 is 0 Å². The molecule has 1 N–H and O–H groups in total. The van der Waals surface area contributed by atoms with E-state index in [4.69, 9.17) is 4.74 Å². The Morgan fingerprint density at radius 3 is 2.24 bits per heavy atom. The van der Waals surface area contributed by atoms with Gasteiger partial charge in [0.1, 0.15) is 5.75 Å². The summed E-state index contributed by atoms with van der Waals surface area (Å²) >= 11 is 0. The van der Waals surface area contributed by atoms with Gasteiger partial charge in [0.25, 0.3) is 0 Å². The van der Waals surface area contributed by atoms with Crippen LogP contribution < -0.4 is 0 Å². The number of aromatic hydroxyl groups is 1. The minimum Gasteiger partial charge on any atom is -0.508 e. The third kappa shape index (κ3) is 3.08. The maximum atomic E-state index is 9.24. The van der Waals surface area contributed by atoms with Crippen molar-refractivity contribution in [3.63, 3.8) is 0 Å². The molecular weight excluding hydrogens is 212 g/mol. The highest BCUT2D eigenvalue weighted by atomic mass is 16.5. The summed E-state index contributed by atoms with van der Waals surface area (Å²) in [5, 5.41) is 9.24. The summed E-state index contributed by atoms with van der Waals surface area (Å²) in [6, 6.07) is 15.6. The largest absolute Gasteiger partial charge is 0.508 e. The molecule has 2 heteroatoms. The van der Waals surface area contributed by atoms with E-state index in [0.29, 0.717) is 12.4 Å². The van der Waals surface area contributed by atoms with Gasteiger partial charge in [-0.2, -0.15) is 0 Å². The smallest absolute Gasteiger partial charge is 0.115 e. The summed E-state index contributed by atoms with van der Waals surface area (Å²) < 4.78 is 5.19. The molecular formula is C15H16O2. The lowest BCUT2D eigenvalue weighted by molar-refractivity contribution is 0.184. The molecule has 0 heterocycles. The van der Waals surface area contributed by atoms with Gasteiger partial charge < -0.3 is 9.84 Å². The van der Waals surface area contributed by atoms with Crippen molar-refractivity contribution in [2.75, 3.05) is 7.11 Å². The number of rotatable bonds is 4. The number of phenolic OH excluding ortho intramolecular Hbond substituents is 1. The van der Waals surface area contributed by atoms with Gasteiger partial charge in [-0.25, -0.2) is 0 Å². The van der Waals surface area contributed by atoms with Crippen molar-refractivity contribution in [1.29, 1.82) is 0 Å².